The number of anilines is 1. The molecule has 0 aliphatic rings. The Morgan fingerprint density at radius 1 is 0.971 bits per heavy atom. The van der Waals surface area contributed by atoms with Gasteiger partial charge in [-0.05, 0) is 54.2 Å². The third-order valence-corrected chi connectivity index (χ3v) is 4.60. The van der Waals surface area contributed by atoms with Gasteiger partial charge in [0.2, 0.25) is 0 Å². The number of nitrogens with one attached hydrogen (secondary N) is 2. The maximum Gasteiger partial charge on any atom is 0.573 e. The Balaban J connectivity index is 1.35. The van der Waals surface area contributed by atoms with Crippen molar-refractivity contribution < 1.29 is 17.9 Å². The zero-order valence-electron chi connectivity index (χ0n) is 17.4. The molecule has 4 aromatic rings. The van der Waals surface area contributed by atoms with Crippen LogP contribution in [0.2, 0.25) is 0 Å². The third kappa shape index (κ3) is 6.39. The van der Waals surface area contributed by atoms with E-state index in [1.807, 2.05) is 54.6 Å². The Bertz CT molecular complexity index is 1270. The van der Waals surface area contributed by atoms with E-state index in [2.05, 4.69) is 30.7 Å². The summed E-state index contributed by atoms with van der Waals surface area (Å²) >= 11 is 5.20. The van der Waals surface area contributed by atoms with Crippen molar-refractivity contribution in [2.75, 3.05) is 5.32 Å². The van der Waals surface area contributed by atoms with Gasteiger partial charge in [-0.25, -0.2) is 9.67 Å². The lowest BCUT2D eigenvalue weighted by Crippen LogP contribution is -2.23. The van der Waals surface area contributed by atoms with Crippen LogP contribution in [0.4, 0.5) is 18.9 Å². The molecule has 0 aliphatic heterocycles. The molecule has 0 bridgehead atoms. The van der Waals surface area contributed by atoms with E-state index in [-0.39, 0.29) is 5.75 Å². The molecule has 0 unspecified atom stereocenters. The van der Waals surface area contributed by atoms with Gasteiger partial charge in [-0.3, -0.25) is 5.43 Å². The molecule has 0 saturated heterocycles. The molecule has 34 heavy (non-hydrogen) atoms. The Morgan fingerprint density at radius 2 is 1.68 bits per heavy atom. The minimum absolute atomic E-state index is 0.306. The first-order valence-electron chi connectivity index (χ1n) is 9.89. The lowest BCUT2D eigenvalue weighted by atomic mass is 10.1. The molecule has 4 rings (SSSR count). The van der Waals surface area contributed by atoms with Gasteiger partial charge in [-0.2, -0.15) is 5.10 Å². The first-order chi connectivity index (χ1) is 16.4. The van der Waals surface area contributed by atoms with Gasteiger partial charge < -0.3 is 10.1 Å². The van der Waals surface area contributed by atoms with Crippen LogP contribution in [0.25, 0.3) is 17.1 Å². The topological polar surface area (TPSA) is 76.4 Å². The minimum atomic E-state index is -4.74. The summed E-state index contributed by atoms with van der Waals surface area (Å²) in [7, 11) is 0. The van der Waals surface area contributed by atoms with Crippen molar-refractivity contribution in [1.82, 2.24) is 20.2 Å². The molecule has 7 nitrogen and oxygen atoms in total. The summed E-state index contributed by atoms with van der Waals surface area (Å²) in [5.74, 6) is 0.158. The molecule has 0 atom stereocenters. The van der Waals surface area contributed by atoms with Gasteiger partial charge in [0, 0.05) is 11.3 Å². The molecule has 0 amide bonds. The van der Waals surface area contributed by atoms with Crippen LogP contribution in [0.15, 0.2) is 90.3 Å². The third-order valence-electron chi connectivity index (χ3n) is 4.41. The SMILES string of the molecule is FC(F)(F)Oc1ccc(-n2cnc(-c3ccc(/C=N/NC(=S)Nc4ccccc4)cc3)n2)cc1. The molecule has 0 radical (unpaired) electrons. The number of thiocarbonyl (C=S) groups is 1. The van der Waals surface area contributed by atoms with Crippen LogP contribution >= 0.6 is 12.2 Å². The molecule has 3 aromatic carbocycles. The van der Waals surface area contributed by atoms with E-state index in [0.717, 1.165) is 16.8 Å². The summed E-state index contributed by atoms with van der Waals surface area (Å²) in [6, 6.07) is 22.2. The van der Waals surface area contributed by atoms with Crippen molar-refractivity contribution in [1.29, 1.82) is 0 Å². The predicted molar refractivity (Wildman–Crippen MR) is 127 cm³/mol. The average Bonchev–Trinajstić information content (AvgIpc) is 3.30. The number of alkyl halides is 3. The summed E-state index contributed by atoms with van der Waals surface area (Å²) in [6.45, 7) is 0. The Kier molecular flexibility index (Phi) is 6.83. The highest BCUT2D eigenvalue weighted by Gasteiger charge is 2.31. The van der Waals surface area contributed by atoms with Gasteiger partial charge in [0.25, 0.3) is 0 Å². The van der Waals surface area contributed by atoms with Crippen LogP contribution in [-0.4, -0.2) is 32.5 Å². The quantitative estimate of drug-likeness (QED) is 0.225. The normalized spacial score (nSPS) is 11.4. The smallest absolute Gasteiger partial charge is 0.406 e. The molecule has 172 valence electrons. The fourth-order valence-corrected chi connectivity index (χ4v) is 3.06. The van der Waals surface area contributed by atoms with Crippen molar-refractivity contribution in [3.8, 4) is 22.8 Å². The molecule has 0 fully saturated rings. The number of rotatable bonds is 6. The Morgan fingerprint density at radius 3 is 2.35 bits per heavy atom. The van der Waals surface area contributed by atoms with Gasteiger partial charge >= 0.3 is 6.36 Å². The van der Waals surface area contributed by atoms with E-state index in [1.54, 1.807) is 6.21 Å². The van der Waals surface area contributed by atoms with Crippen molar-refractivity contribution >= 4 is 29.2 Å². The lowest BCUT2D eigenvalue weighted by Gasteiger charge is -2.09. The second kappa shape index (κ2) is 10.1. The van der Waals surface area contributed by atoms with Crippen LogP contribution in [-0.2, 0) is 0 Å². The standard InChI is InChI=1S/C23H17F3N6OS/c24-23(25,26)33-20-12-10-19(11-13-20)32-15-27-21(31-32)17-8-6-16(7-9-17)14-28-30-22(34)29-18-4-2-1-3-5-18/h1-15H,(H2,29,30,34)/b28-14+. The summed E-state index contributed by atoms with van der Waals surface area (Å²) in [5, 5.41) is 11.9. The van der Waals surface area contributed by atoms with Gasteiger partial charge in [0.15, 0.2) is 10.9 Å². The Hall–Kier alpha value is -4.25. The molecule has 1 aromatic heterocycles. The second-order valence-corrected chi connectivity index (χ2v) is 7.27. The van der Waals surface area contributed by atoms with Crippen molar-refractivity contribution in [3.05, 3.63) is 90.8 Å². The molecule has 1 heterocycles. The highest BCUT2D eigenvalue weighted by molar-refractivity contribution is 7.80. The number of para-hydroxylation sites is 1. The molecule has 11 heteroatoms. The summed E-state index contributed by atoms with van der Waals surface area (Å²) < 4.78 is 42.2. The monoisotopic (exact) mass is 482 g/mol. The number of halogens is 3. The van der Waals surface area contributed by atoms with E-state index in [1.165, 1.54) is 35.3 Å². The Labute approximate surface area is 197 Å². The number of hydrogen-bond acceptors (Lipinski definition) is 5. The zero-order chi connectivity index (χ0) is 24.0. The number of nitrogens with zero attached hydrogens (tertiary/aromatic N) is 4. The largest absolute Gasteiger partial charge is 0.573 e. The number of ether oxygens (including phenoxy) is 1. The van der Waals surface area contributed by atoms with Gasteiger partial charge in [-0.15, -0.1) is 18.3 Å². The molecule has 2 N–H and O–H groups in total. The summed E-state index contributed by atoms with van der Waals surface area (Å²) in [4.78, 5) is 4.27. The average molecular weight is 482 g/mol. The van der Waals surface area contributed by atoms with E-state index < -0.39 is 6.36 Å². The van der Waals surface area contributed by atoms with Gasteiger partial charge in [0.05, 0.1) is 11.9 Å². The van der Waals surface area contributed by atoms with Gasteiger partial charge in [0.1, 0.15) is 12.1 Å². The molecular weight excluding hydrogens is 465 g/mol. The van der Waals surface area contributed by atoms with Crippen LogP contribution < -0.4 is 15.5 Å². The van der Waals surface area contributed by atoms with Crippen LogP contribution in [0.5, 0.6) is 5.75 Å². The zero-order valence-corrected chi connectivity index (χ0v) is 18.2. The fraction of sp³-hybridized carbons (Fsp3) is 0.0435. The van der Waals surface area contributed by atoms with Crippen LogP contribution in [0.1, 0.15) is 5.56 Å². The minimum Gasteiger partial charge on any atom is -0.406 e. The fourth-order valence-electron chi connectivity index (χ4n) is 2.88. The van der Waals surface area contributed by atoms with Crippen LogP contribution in [0, 0.1) is 0 Å². The lowest BCUT2D eigenvalue weighted by molar-refractivity contribution is -0.274. The van der Waals surface area contributed by atoms with Crippen molar-refractivity contribution in [3.63, 3.8) is 0 Å². The van der Waals surface area contributed by atoms with E-state index in [9.17, 15) is 13.2 Å². The van der Waals surface area contributed by atoms with Crippen molar-refractivity contribution in [2.24, 2.45) is 5.10 Å². The second-order valence-electron chi connectivity index (χ2n) is 6.87. The molecule has 0 spiro atoms. The van der Waals surface area contributed by atoms with Crippen molar-refractivity contribution in [2.45, 2.75) is 6.36 Å². The van der Waals surface area contributed by atoms with Gasteiger partial charge in [-0.1, -0.05) is 42.5 Å². The molecular formula is C23H17F3N6OS. The predicted octanol–water partition coefficient (Wildman–Crippen LogP) is 5.15. The number of benzene rings is 3. The highest BCUT2D eigenvalue weighted by atomic mass is 32.1. The first-order valence-corrected chi connectivity index (χ1v) is 10.3. The number of aromatic nitrogens is 3. The van der Waals surface area contributed by atoms with Crippen LogP contribution in [0.3, 0.4) is 0 Å². The number of hydrogen-bond donors (Lipinski definition) is 2. The highest BCUT2D eigenvalue weighted by Crippen LogP contribution is 2.24. The van der Waals surface area contributed by atoms with E-state index in [4.69, 9.17) is 12.2 Å². The summed E-state index contributed by atoms with van der Waals surface area (Å²) in [5.41, 5.74) is 5.76. The maximum absolute atomic E-state index is 12.3. The summed E-state index contributed by atoms with van der Waals surface area (Å²) in [6.07, 6.45) is -1.63. The first kappa shape index (κ1) is 22.9. The maximum atomic E-state index is 12.3. The van der Waals surface area contributed by atoms with E-state index >= 15 is 0 Å². The molecule has 0 saturated carbocycles. The van der Waals surface area contributed by atoms with E-state index in [0.29, 0.717) is 16.6 Å². The molecule has 0 aliphatic carbocycles. The number of hydrazone groups is 1.